The van der Waals surface area contributed by atoms with Crippen LogP contribution in [0.4, 0.5) is 0 Å². The van der Waals surface area contributed by atoms with Crippen molar-refractivity contribution in [1.82, 2.24) is 0 Å². The third kappa shape index (κ3) is 2.20. The maximum Gasteiger partial charge on any atom is 0.222 e. The van der Waals surface area contributed by atoms with Gasteiger partial charge in [0.2, 0.25) is 12.1 Å². The van der Waals surface area contributed by atoms with Crippen LogP contribution < -0.4 is 0 Å². The Labute approximate surface area is 100.0 Å². The second kappa shape index (κ2) is 5.08. The molecule has 0 aliphatic heterocycles. The average Bonchev–Trinajstić information content (AvgIpc) is 2.39. The van der Waals surface area contributed by atoms with Crippen LogP contribution >= 0.6 is 0 Å². The number of ketones is 1. The van der Waals surface area contributed by atoms with Crippen molar-refractivity contribution in [3.05, 3.63) is 48.0 Å². The first kappa shape index (κ1) is 11.8. The zero-order valence-corrected chi connectivity index (χ0v) is 9.84. The van der Waals surface area contributed by atoms with E-state index in [2.05, 4.69) is 0 Å². The third-order valence-electron chi connectivity index (χ3n) is 2.70. The number of hydrogen-bond donors (Lipinski definition) is 0. The Morgan fingerprint density at radius 1 is 1.00 bits per heavy atom. The van der Waals surface area contributed by atoms with Crippen molar-refractivity contribution in [3.63, 3.8) is 0 Å². The van der Waals surface area contributed by atoms with E-state index in [1.807, 2.05) is 36.4 Å². The number of methoxy groups -OCH3 is 2. The monoisotopic (exact) mass is 230 g/mol. The van der Waals surface area contributed by atoms with Gasteiger partial charge < -0.3 is 9.47 Å². The van der Waals surface area contributed by atoms with Gasteiger partial charge in [-0.05, 0) is 10.8 Å². The van der Waals surface area contributed by atoms with Crippen LogP contribution in [-0.4, -0.2) is 26.3 Å². The van der Waals surface area contributed by atoms with Crippen LogP contribution in [0.5, 0.6) is 0 Å². The van der Waals surface area contributed by atoms with E-state index in [9.17, 15) is 4.79 Å². The third-order valence-corrected chi connectivity index (χ3v) is 2.70. The molecule has 0 bridgehead atoms. The normalized spacial score (nSPS) is 11.0. The number of benzene rings is 2. The van der Waals surface area contributed by atoms with Crippen LogP contribution in [0.15, 0.2) is 42.5 Å². The van der Waals surface area contributed by atoms with E-state index in [0.29, 0.717) is 5.56 Å². The summed E-state index contributed by atoms with van der Waals surface area (Å²) in [5.41, 5.74) is 0.622. The van der Waals surface area contributed by atoms with Crippen molar-refractivity contribution >= 4 is 16.6 Å². The number of hydrogen-bond acceptors (Lipinski definition) is 3. The summed E-state index contributed by atoms with van der Waals surface area (Å²) < 4.78 is 9.99. The van der Waals surface area contributed by atoms with Gasteiger partial charge in [0.15, 0.2) is 0 Å². The van der Waals surface area contributed by atoms with Crippen molar-refractivity contribution < 1.29 is 14.3 Å². The van der Waals surface area contributed by atoms with Crippen molar-refractivity contribution in [2.45, 2.75) is 6.29 Å². The summed E-state index contributed by atoms with van der Waals surface area (Å²) in [6.07, 6.45) is -0.846. The summed E-state index contributed by atoms with van der Waals surface area (Å²) in [5, 5.41) is 1.95. The molecule has 0 heterocycles. The van der Waals surface area contributed by atoms with Gasteiger partial charge in [-0.2, -0.15) is 0 Å². The van der Waals surface area contributed by atoms with Crippen LogP contribution in [0, 0.1) is 0 Å². The topological polar surface area (TPSA) is 35.5 Å². The molecule has 2 aromatic carbocycles. The largest absolute Gasteiger partial charge is 0.349 e. The minimum absolute atomic E-state index is 0.160. The lowest BCUT2D eigenvalue weighted by Gasteiger charge is -2.13. The number of carbonyl (C=O) groups excluding carboxylic acids is 1. The summed E-state index contributed by atoms with van der Waals surface area (Å²) in [6, 6.07) is 13.4. The molecule has 0 aliphatic carbocycles. The zero-order valence-electron chi connectivity index (χ0n) is 9.84. The lowest BCUT2D eigenvalue weighted by molar-refractivity contribution is -0.0741. The van der Waals surface area contributed by atoms with Gasteiger partial charge in [-0.1, -0.05) is 42.5 Å². The Morgan fingerprint density at radius 3 is 2.35 bits per heavy atom. The van der Waals surface area contributed by atoms with Crippen molar-refractivity contribution in [2.75, 3.05) is 14.2 Å². The molecule has 0 unspecified atom stereocenters. The second-order valence-electron chi connectivity index (χ2n) is 3.69. The lowest BCUT2D eigenvalue weighted by Crippen LogP contribution is -2.25. The molecule has 3 heteroatoms. The predicted molar refractivity (Wildman–Crippen MR) is 66.1 cm³/mol. The maximum atomic E-state index is 12.2. The fourth-order valence-corrected chi connectivity index (χ4v) is 1.88. The first-order valence-corrected chi connectivity index (χ1v) is 5.35. The highest BCUT2D eigenvalue weighted by molar-refractivity contribution is 6.09. The smallest absolute Gasteiger partial charge is 0.222 e. The molecule has 0 saturated carbocycles. The van der Waals surface area contributed by atoms with E-state index in [1.54, 1.807) is 6.07 Å². The second-order valence-corrected chi connectivity index (χ2v) is 3.69. The van der Waals surface area contributed by atoms with Gasteiger partial charge in [-0.3, -0.25) is 4.79 Å². The van der Waals surface area contributed by atoms with E-state index >= 15 is 0 Å². The van der Waals surface area contributed by atoms with Crippen molar-refractivity contribution in [1.29, 1.82) is 0 Å². The molecule has 0 amide bonds. The summed E-state index contributed by atoms with van der Waals surface area (Å²) >= 11 is 0. The van der Waals surface area contributed by atoms with Gasteiger partial charge in [0.25, 0.3) is 0 Å². The molecule has 0 fully saturated rings. The molecule has 0 aromatic heterocycles. The van der Waals surface area contributed by atoms with E-state index in [0.717, 1.165) is 10.8 Å². The van der Waals surface area contributed by atoms with Gasteiger partial charge in [0.05, 0.1) is 0 Å². The van der Waals surface area contributed by atoms with Crippen molar-refractivity contribution in [2.24, 2.45) is 0 Å². The van der Waals surface area contributed by atoms with Gasteiger partial charge >= 0.3 is 0 Å². The average molecular weight is 230 g/mol. The Hall–Kier alpha value is -1.71. The van der Waals surface area contributed by atoms with Gasteiger partial charge in [-0.15, -0.1) is 0 Å². The molecule has 88 valence electrons. The maximum absolute atomic E-state index is 12.2. The highest BCUT2D eigenvalue weighted by Crippen LogP contribution is 2.20. The first-order valence-electron chi connectivity index (χ1n) is 5.35. The molecular weight excluding hydrogens is 216 g/mol. The summed E-state index contributed by atoms with van der Waals surface area (Å²) in [4.78, 5) is 12.2. The fourth-order valence-electron chi connectivity index (χ4n) is 1.88. The molecule has 0 atom stereocenters. The summed E-state index contributed by atoms with van der Waals surface area (Å²) in [7, 11) is 2.91. The van der Waals surface area contributed by atoms with Crippen LogP contribution in [0.25, 0.3) is 10.8 Å². The Kier molecular flexibility index (Phi) is 3.52. The summed E-state index contributed by atoms with van der Waals surface area (Å²) in [6.45, 7) is 0. The fraction of sp³-hybridized carbons (Fsp3) is 0.214. The van der Waals surface area contributed by atoms with Crippen LogP contribution in [0.3, 0.4) is 0 Å². The molecule has 2 aromatic rings. The molecule has 0 aliphatic rings. The first-order chi connectivity index (χ1) is 8.27. The Balaban J connectivity index is 2.52. The zero-order chi connectivity index (χ0) is 12.3. The Bertz CT molecular complexity index is 524. The summed E-state index contributed by atoms with van der Waals surface area (Å²) in [5.74, 6) is -0.160. The molecule has 0 saturated heterocycles. The lowest BCUT2D eigenvalue weighted by atomic mass is 10.0. The molecule has 0 spiro atoms. The standard InChI is InChI=1S/C14H14O3/c1-16-14(17-2)13(15)12-9-5-7-10-6-3-4-8-11(10)12/h3-9,14H,1-2H3. The minimum Gasteiger partial charge on any atom is -0.349 e. The quantitative estimate of drug-likeness (QED) is 0.598. The van der Waals surface area contributed by atoms with Crippen LogP contribution in [0.2, 0.25) is 0 Å². The number of rotatable bonds is 4. The number of carbonyl (C=O) groups is 1. The molecule has 17 heavy (non-hydrogen) atoms. The van der Waals surface area contributed by atoms with Gasteiger partial charge in [-0.25, -0.2) is 0 Å². The molecule has 3 nitrogen and oxygen atoms in total. The Morgan fingerprint density at radius 2 is 1.65 bits per heavy atom. The minimum atomic E-state index is -0.846. The highest BCUT2D eigenvalue weighted by Gasteiger charge is 2.20. The molecule has 0 N–H and O–H groups in total. The van der Waals surface area contributed by atoms with E-state index in [-0.39, 0.29) is 5.78 Å². The predicted octanol–water partition coefficient (Wildman–Crippen LogP) is 2.64. The van der Waals surface area contributed by atoms with E-state index in [1.165, 1.54) is 14.2 Å². The van der Waals surface area contributed by atoms with Gasteiger partial charge in [0, 0.05) is 19.8 Å². The van der Waals surface area contributed by atoms with E-state index < -0.39 is 6.29 Å². The molecule has 2 rings (SSSR count). The molecule has 0 radical (unpaired) electrons. The number of Topliss-reactive ketones (excluding diaryl/α,β-unsaturated/α-hetero) is 1. The number of fused-ring (bicyclic) bond motifs is 1. The SMILES string of the molecule is COC(OC)C(=O)c1cccc2ccccc12. The van der Waals surface area contributed by atoms with Crippen LogP contribution in [0.1, 0.15) is 10.4 Å². The van der Waals surface area contributed by atoms with Gasteiger partial charge in [0.1, 0.15) is 0 Å². The number of ether oxygens (including phenoxy) is 2. The van der Waals surface area contributed by atoms with Crippen LogP contribution in [-0.2, 0) is 9.47 Å². The van der Waals surface area contributed by atoms with Crippen molar-refractivity contribution in [3.8, 4) is 0 Å². The molecular formula is C14H14O3. The highest BCUT2D eigenvalue weighted by atomic mass is 16.7. The van der Waals surface area contributed by atoms with E-state index in [4.69, 9.17) is 9.47 Å².